The number of aromatic nitrogens is 4. The van der Waals surface area contributed by atoms with Crippen LogP contribution in [-0.2, 0) is 7.05 Å². The molecule has 0 N–H and O–H groups in total. The van der Waals surface area contributed by atoms with Crippen molar-refractivity contribution in [2.45, 2.75) is 0 Å². The van der Waals surface area contributed by atoms with Gasteiger partial charge in [0.15, 0.2) is 0 Å². The summed E-state index contributed by atoms with van der Waals surface area (Å²) in [4.78, 5) is 11.8. The van der Waals surface area contributed by atoms with E-state index in [0.717, 1.165) is 0 Å². The van der Waals surface area contributed by atoms with Crippen LogP contribution in [0.25, 0.3) is 11.4 Å². The number of aromatic carboxylic acids is 1. The molecule has 0 fully saturated rings. The van der Waals surface area contributed by atoms with Crippen LogP contribution in [0, 0.1) is 0 Å². The van der Waals surface area contributed by atoms with E-state index in [9.17, 15) is 9.90 Å². The molecule has 6 heteroatoms. The normalized spacial score (nSPS) is 10.2. The lowest BCUT2D eigenvalue weighted by molar-refractivity contribution is -0.255. The fourth-order valence-electron chi connectivity index (χ4n) is 1.16. The van der Waals surface area contributed by atoms with Crippen LogP contribution < -0.4 is 5.11 Å². The maximum absolute atomic E-state index is 10.5. The Balaban J connectivity index is 2.35. The predicted molar refractivity (Wildman–Crippen MR) is 48.6 cm³/mol. The van der Waals surface area contributed by atoms with Gasteiger partial charge in [-0.25, -0.2) is 0 Å². The molecule has 1 aromatic carbocycles. The molecule has 0 spiro atoms. The molecule has 76 valence electrons. The minimum absolute atomic E-state index is 0.127. The maximum atomic E-state index is 10.5. The number of benzene rings is 1. The summed E-state index contributed by atoms with van der Waals surface area (Å²) >= 11 is 0. The smallest absolute Gasteiger partial charge is 0.204 e. The first-order chi connectivity index (χ1) is 7.16. The Labute approximate surface area is 85.2 Å². The number of rotatable bonds is 2. The summed E-state index contributed by atoms with van der Waals surface area (Å²) in [5, 5.41) is 22.0. The van der Waals surface area contributed by atoms with Gasteiger partial charge in [-0.15, -0.1) is 10.2 Å². The number of carboxylic acid groups (broad SMARTS) is 1. The van der Waals surface area contributed by atoms with Crippen LogP contribution in [0.3, 0.4) is 0 Å². The Morgan fingerprint density at radius 1 is 1.33 bits per heavy atom. The van der Waals surface area contributed by atoms with Gasteiger partial charge in [0.2, 0.25) is 5.82 Å². The van der Waals surface area contributed by atoms with Crippen LogP contribution in [0.1, 0.15) is 10.4 Å². The third-order valence-corrected chi connectivity index (χ3v) is 1.89. The van der Waals surface area contributed by atoms with Gasteiger partial charge in [-0.2, -0.15) is 4.80 Å². The van der Waals surface area contributed by atoms with Crippen LogP contribution in [0.4, 0.5) is 0 Å². The second-order valence-electron chi connectivity index (χ2n) is 2.97. The highest BCUT2D eigenvalue weighted by atomic mass is 16.4. The zero-order valence-corrected chi connectivity index (χ0v) is 7.91. The molecule has 6 nitrogen and oxygen atoms in total. The van der Waals surface area contributed by atoms with Crippen molar-refractivity contribution < 1.29 is 9.90 Å². The van der Waals surface area contributed by atoms with Crippen molar-refractivity contribution in [3.63, 3.8) is 0 Å². The molecule has 15 heavy (non-hydrogen) atoms. The van der Waals surface area contributed by atoms with E-state index in [1.807, 2.05) is 0 Å². The fraction of sp³-hybridized carbons (Fsp3) is 0.111. The van der Waals surface area contributed by atoms with Gasteiger partial charge < -0.3 is 9.90 Å². The number of carboxylic acids is 1. The highest BCUT2D eigenvalue weighted by molar-refractivity contribution is 5.86. The molecular formula is C9H7N4O2-. The van der Waals surface area contributed by atoms with Gasteiger partial charge in [0.05, 0.1) is 13.0 Å². The maximum Gasteiger partial charge on any atom is 0.204 e. The summed E-state index contributed by atoms with van der Waals surface area (Å²) in [5.41, 5.74) is 0.843. The lowest BCUT2D eigenvalue weighted by Gasteiger charge is -2.01. The Morgan fingerprint density at radius 3 is 2.47 bits per heavy atom. The number of aryl methyl sites for hydroxylation is 1. The van der Waals surface area contributed by atoms with Crippen molar-refractivity contribution in [3.05, 3.63) is 29.8 Å². The highest BCUT2D eigenvalue weighted by Gasteiger charge is 2.03. The fourth-order valence-corrected chi connectivity index (χ4v) is 1.16. The molecule has 0 unspecified atom stereocenters. The van der Waals surface area contributed by atoms with Gasteiger partial charge >= 0.3 is 0 Å². The quantitative estimate of drug-likeness (QED) is 0.640. The molecule has 0 aliphatic rings. The lowest BCUT2D eigenvalue weighted by atomic mass is 10.1. The number of hydrogen-bond donors (Lipinski definition) is 0. The number of carbonyl (C=O) groups excluding carboxylic acids is 1. The van der Waals surface area contributed by atoms with Crippen LogP contribution in [0.5, 0.6) is 0 Å². The molecule has 2 aromatic rings. The standard InChI is InChI=1S/C9H8N4O2/c1-13-11-8(10-12-13)6-2-4-7(5-3-6)9(14)15/h2-5H,1H3,(H,14,15)/p-1. The molecule has 0 bridgehead atoms. The molecule has 0 saturated carbocycles. The summed E-state index contributed by atoms with van der Waals surface area (Å²) in [6, 6.07) is 6.12. The summed E-state index contributed by atoms with van der Waals surface area (Å²) in [7, 11) is 1.66. The van der Waals surface area contributed by atoms with Crippen molar-refractivity contribution in [2.75, 3.05) is 0 Å². The Kier molecular flexibility index (Phi) is 2.17. The number of tetrazole rings is 1. The van der Waals surface area contributed by atoms with E-state index < -0.39 is 5.97 Å². The molecule has 1 heterocycles. The van der Waals surface area contributed by atoms with Gasteiger partial charge in [-0.05, 0) is 10.8 Å². The first-order valence-corrected chi connectivity index (χ1v) is 4.22. The third kappa shape index (κ3) is 1.83. The summed E-state index contributed by atoms with van der Waals surface area (Å²) < 4.78 is 0. The first-order valence-electron chi connectivity index (χ1n) is 4.22. The zero-order valence-electron chi connectivity index (χ0n) is 7.91. The molecular weight excluding hydrogens is 196 g/mol. The summed E-state index contributed by atoms with van der Waals surface area (Å²) in [6.45, 7) is 0. The van der Waals surface area contributed by atoms with Crippen LogP contribution in [-0.4, -0.2) is 26.2 Å². The van der Waals surface area contributed by atoms with Crippen LogP contribution >= 0.6 is 0 Å². The molecule has 0 radical (unpaired) electrons. The second-order valence-corrected chi connectivity index (χ2v) is 2.97. The van der Waals surface area contributed by atoms with Gasteiger partial charge in [-0.3, -0.25) is 0 Å². The Hall–Kier alpha value is -2.24. The monoisotopic (exact) mass is 203 g/mol. The third-order valence-electron chi connectivity index (χ3n) is 1.89. The van der Waals surface area contributed by atoms with E-state index >= 15 is 0 Å². The van der Waals surface area contributed by atoms with Gasteiger partial charge in [0.1, 0.15) is 0 Å². The van der Waals surface area contributed by atoms with Crippen LogP contribution in [0.2, 0.25) is 0 Å². The Morgan fingerprint density at radius 2 is 2.00 bits per heavy atom. The van der Waals surface area contributed by atoms with E-state index in [2.05, 4.69) is 15.4 Å². The lowest BCUT2D eigenvalue weighted by Crippen LogP contribution is -2.21. The second kappa shape index (κ2) is 3.49. The van der Waals surface area contributed by atoms with Crippen LogP contribution in [0.15, 0.2) is 24.3 Å². The minimum Gasteiger partial charge on any atom is -0.545 e. The molecule has 0 saturated heterocycles. The average Bonchev–Trinajstić information content (AvgIpc) is 2.65. The topological polar surface area (TPSA) is 83.7 Å². The Bertz CT molecular complexity index is 489. The molecule has 0 aliphatic heterocycles. The molecule has 2 rings (SSSR count). The van der Waals surface area contributed by atoms with Gasteiger partial charge in [-0.1, -0.05) is 24.3 Å². The average molecular weight is 203 g/mol. The molecule has 0 atom stereocenters. The molecule has 0 amide bonds. The van der Waals surface area contributed by atoms with E-state index in [4.69, 9.17) is 0 Å². The summed E-state index contributed by atoms with van der Waals surface area (Å²) in [5.74, 6) is -0.740. The predicted octanol–water partition coefficient (Wildman–Crippen LogP) is -0.759. The number of nitrogens with zero attached hydrogens (tertiary/aromatic N) is 4. The van der Waals surface area contributed by atoms with E-state index in [-0.39, 0.29) is 5.56 Å². The SMILES string of the molecule is Cn1nnc(-c2ccc(C(=O)[O-])cc2)n1. The van der Waals surface area contributed by atoms with Crippen molar-refractivity contribution in [1.82, 2.24) is 20.2 Å². The number of carbonyl (C=O) groups is 1. The highest BCUT2D eigenvalue weighted by Crippen LogP contribution is 2.13. The van der Waals surface area contributed by atoms with E-state index in [0.29, 0.717) is 11.4 Å². The first kappa shape index (κ1) is 9.32. The van der Waals surface area contributed by atoms with Gasteiger partial charge in [0, 0.05) is 5.56 Å². The molecule has 1 aromatic heterocycles. The summed E-state index contributed by atoms with van der Waals surface area (Å²) in [6.07, 6.45) is 0. The van der Waals surface area contributed by atoms with Crippen molar-refractivity contribution in [1.29, 1.82) is 0 Å². The largest absolute Gasteiger partial charge is 0.545 e. The van der Waals surface area contributed by atoms with E-state index in [1.54, 1.807) is 19.2 Å². The minimum atomic E-state index is -1.20. The van der Waals surface area contributed by atoms with E-state index in [1.165, 1.54) is 16.9 Å². The van der Waals surface area contributed by atoms with Gasteiger partial charge in [0.25, 0.3) is 0 Å². The van der Waals surface area contributed by atoms with Crippen molar-refractivity contribution in [2.24, 2.45) is 7.05 Å². The van der Waals surface area contributed by atoms with Crippen molar-refractivity contribution >= 4 is 5.97 Å². The van der Waals surface area contributed by atoms with Crippen molar-refractivity contribution in [3.8, 4) is 11.4 Å². The number of hydrogen-bond acceptors (Lipinski definition) is 5. The molecule has 0 aliphatic carbocycles. The zero-order chi connectivity index (χ0) is 10.8.